The van der Waals surface area contributed by atoms with Crippen molar-refractivity contribution in [3.8, 4) is 22.3 Å². The van der Waals surface area contributed by atoms with Crippen molar-refractivity contribution in [2.75, 3.05) is 0 Å². The van der Waals surface area contributed by atoms with E-state index in [1.165, 1.54) is 84.1 Å². The highest BCUT2D eigenvalue weighted by Gasteiger charge is 2.20. The number of fused-ring (bicyclic) bond motifs is 8. The van der Waals surface area contributed by atoms with E-state index in [2.05, 4.69) is 133 Å². The van der Waals surface area contributed by atoms with Crippen molar-refractivity contribution in [2.45, 2.75) is 0 Å². The van der Waals surface area contributed by atoms with Gasteiger partial charge in [-0.2, -0.15) is 0 Å². The van der Waals surface area contributed by atoms with Crippen molar-refractivity contribution in [1.29, 1.82) is 0 Å². The fourth-order valence-electron chi connectivity index (χ4n) is 6.49. The highest BCUT2D eigenvalue weighted by molar-refractivity contribution is 7.26. The smallest absolute Gasteiger partial charge is 0.0362 e. The number of hydrogen-bond acceptors (Lipinski definition) is 2. The first kappa shape index (κ1) is 22.3. The van der Waals surface area contributed by atoms with Gasteiger partial charge in [0.05, 0.1) is 0 Å². The lowest BCUT2D eigenvalue weighted by atomic mass is 9.85. The van der Waals surface area contributed by atoms with E-state index in [-0.39, 0.29) is 0 Å². The molecule has 2 heteroatoms. The molecule has 40 heavy (non-hydrogen) atoms. The summed E-state index contributed by atoms with van der Waals surface area (Å²) >= 11 is 3.79. The third-order valence-corrected chi connectivity index (χ3v) is 10.5. The molecule has 0 spiro atoms. The van der Waals surface area contributed by atoms with Crippen LogP contribution in [0.4, 0.5) is 0 Å². The molecule has 0 N–H and O–H groups in total. The Labute approximate surface area is 239 Å². The Balaban J connectivity index is 1.57. The molecule has 0 atom stereocenters. The van der Waals surface area contributed by atoms with Crippen LogP contribution < -0.4 is 0 Å². The third kappa shape index (κ3) is 3.18. The molecule has 0 saturated carbocycles. The summed E-state index contributed by atoms with van der Waals surface area (Å²) < 4.78 is 5.36. The van der Waals surface area contributed by atoms with Crippen LogP contribution in [-0.4, -0.2) is 0 Å². The maximum Gasteiger partial charge on any atom is 0.0362 e. The van der Waals surface area contributed by atoms with E-state index in [0.717, 1.165) is 0 Å². The predicted octanol–water partition coefficient (Wildman–Crippen LogP) is 12.1. The van der Waals surface area contributed by atoms with E-state index in [9.17, 15) is 0 Å². The Kier molecular flexibility index (Phi) is 4.74. The van der Waals surface area contributed by atoms with Crippen molar-refractivity contribution in [3.05, 3.63) is 133 Å². The number of thiophene rings is 2. The molecule has 0 bridgehead atoms. The van der Waals surface area contributed by atoms with Crippen LogP contribution in [0, 0.1) is 0 Å². The molecule has 0 radical (unpaired) electrons. The molecular weight excluding hydrogens is 521 g/mol. The lowest BCUT2D eigenvalue weighted by molar-refractivity contribution is 1.67. The van der Waals surface area contributed by atoms with Gasteiger partial charge in [-0.3, -0.25) is 0 Å². The van der Waals surface area contributed by atoms with Gasteiger partial charge in [-0.25, -0.2) is 0 Å². The molecule has 0 aliphatic rings. The summed E-state index contributed by atoms with van der Waals surface area (Å²) in [5, 5.41) is 10.6. The molecule has 2 heterocycles. The standard InChI is InChI=1S/C38H22S2/c1-3-11-23(12-4-1)37-29-19-27-25-15-7-9-17-33(25)39-35(27)21-31(29)38(24-13-5-2-6-14-24)32-22-36-28(20-30(32)37)26-16-8-10-18-34(26)40-36/h1-22H. The maximum atomic E-state index is 2.47. The van der Waals surface area contributed by atoms with Crippen LogP contribution >= 0.6 is 22.7 Å². The lowest BCUT2D eigenvalue weighted by Crippen LogP contribution is -1.91. The van der Waals surface area contributed by atoms with Crippen LogP contribution in [0.5, 0.6) is 0 Å². The van der Waals surface area contributed by atoms with E-state index >= 15 is 0 Å². The number of benzene rings is 7. The Morgan fingerprint density at radius 3 is 1.10 bits per heavy atom. The Morgan fingerprint density at radius 1 is 0.275 bits per heavy atom. The first-order chi connectivity index (χ1) is 19.8. The highest BCUT2D eigenvalue weighted by atomic mass is 32.1. The van der Waals surface area contributed by atoms with Crippen LogP contribution in [0.1, 0.15) is 0 Å². The summed E-state index contributed by atoms with van der Waals surface area (Å²) in [6.45, 7) is 0. The minimum atomic E-state index is 1.26. The number of rotatable bonds is 2. The molecular formula is C38H22S2. The summed E-state index contributed by atoms with van der Waals surface area (Å²) in [4.78, 5) is 0. The second-order valence-electron chi connectivity index (χ2n) is 10.5. The van der Waals surface area contributed by atoms with Crippen LogP contribution in [0.3, 0.4) is 0 Å². The zero-order chi connectivity index (χ0) is 26.2. The summed E-state index contributed by atoms with van der Waals surface area (Å²) in [6.07, 6.45) is 0. The van der Waals surface area contributed by atoms with Gasteiger partial charge >= 0.3 is 0 Å². The largest absolute Gasteiger partial charge is 0.135 e. The van der Waals surface area contributed by atoms with E-state index in [1.807, 2.05) is 22.7 Å². The molecule has 0 aliphatic heterocycles. The van der Waals surface area contributed by atoms with Gasteiger partial charge in [-0.05, 0) is 80.2 Å². The fourth-order valence-corrected chi connectivity index (χ4v) is 8.75. The zero-order valence-electron chi connectivity index (χ0n) is 21.5. The molecule has 186 valence electrons. The van der Waals surface area contributed by atoms with Gasteiger partial charge in [0.15, 0.2) is 0 Å². The van der Waals surface area contributed by atoms with Gasteiger partial charge in [0.2, 0.25) is 0 Å². The second-order valence-corrected chi connectivity index (χ2v) is 12.6. The zero-order valence-corrected chi connectivity index (χ0v) is 23.2. The minimum Gasteiger partial charge on any atom is -0.135 e. The molecule has 7 aromatic carbocycles. The Hall–Kier alpha value is -4.50. The van der Waals surface area contributed by atoms with Gasteiger partial charge in [0.1, 0.15) is 0 Å². The fraction of sp³-hybridized carbons (Fsp3) is 0. The Bertz CT molecular complexity index is 2280. The van der Waals surface area contributed by atoms with Crippen molar-refractivity contribution in [3.63, 3.8) is 0 Å². The highest BCUT2D eigenvalue weighted by Crippen LogP contribution is 2.49. The van der Waals surface area contributed by atoms with E-state index in [4.69, 9.17) is 0 Å². The first-order valence-electron chi connectivity index (χ1n) is 13.6. The molecule has 0 aliphatic carbocycles. The minimum absolute atomic E-state index is 1.26. The van der Waals surface area contributed by atoms with Gasteiger partial charge in [0.25, 0.3) is 0 Å². The van der Waals surface area contributed by atoms with Crippen LogP contribution in [0.25, 0.3) is 84.1 Å². The van der Waals surface area contributed by atoms with Crippen LogP contribution in [0.2, 0.25) is 0 Å². The van der Waals surface area contributed by atoms with Gasteiger partial charge in [-0.1, -0.05) is 97.1 Å². The topological polar surface area (TPSA) is 0 Å². The molecule has 0 unspecified atom stereocenters. The monoisotopic (exact) mass is 542 g/mol. The third-order valence-electron chi connectivity index (χ3n) is 8.24. The van der Waals surface area contributed by atoms with E-state index < -0.39 is 0 Å². The van der Waals surface area contributed by atoms with E-state index in [1.54, 1.807) is 0 Å². The molecule has 0 amide bonds. The van der Waals surface area contributed by atoms with E-state index in [0.29, 0.717) is 0 Å². The lowest BCUT2D eigenvalue weighted by Gasteiger charge is -2.18. The SMILES string of the molecule is c1ccc(-c2c3cc4sc5ccccc5c4cc3c(-c3ccccc3)c3cc4c(cc23)sc2ccccc24)cc1. The maximum absolute atomic E-state index is 2.47. The molecule has 2 aromatic heterocycles. The summed E-state index contributed by atoms with van der Waals surface area (Å²) in [6, 6.07) is 49.4. The van der Waals surface area contributed by atoms with Crippen molar-refractivity contribution in [1.82, 2.24) is 0 Å². The van der Waals surface area contributed by atoms with Gasteiger partial charge < -0.3 is 0 Å². The molecule has 9 rings (SSSR count). The number of hydrogen-bond donors (Lipinski definition) is 0. The van der Waals surface area contributed by atoms with Crippen LogP contribution in [-0.2, 0) is 0 Å². The predicted molar refractivity (Wildman–Crippen MR) is 178 cm³/mol. The summed E-state index contributed by atoms with van der Waals surface area (Å²) in [7, 11) is 0. The molecule has 0 saturated heterocycles. The Morgan fingerprint density at radius 2 is 0.650 bits per heavy atom. The van der Waals surface area contributed by atoms with Crippen LogP contribution in [0.15, 0.2) is 133 Å². The molecule has 0 fully saturated rings. The van der Waals surface area contributed by atoms with Crippen molar-refractivity contribution < 1.29 is 0 Å². The average Bonchev–Trinajstić information content (AvgIpc) is 3.56. The quantitative estimate of drug-likeness (QED) is 0.191. The van der Waals surface area contributed by atoms with Crippen molar-refractivity contribution in [2.24, 2.45) is 0 Å². The van der Waals surface area contributed by atoms with Gasteiger partial charge in [-0.15, -0.1) is 22.7 Å². The second kappa shape index (κ2) is 8.50. The normalized spacial score (nSPS) is 12.0. The summed E-state index contributed by atoms with van der Waals surface area (Å²) in [5.41, 5.74) is 5.16. The molecule has 0 nitrogen and oxygen atoms in total. The average molecular weight is 543 g/mol. The molecule has 9 aromatic rings. The van der Waals surface area contributed by atoms with Gasteiger partial charge in [0, 0.05) is 40.3 Å². The summed E-state index contributed by atoms with van der Waals surface area (Å²) in [5.74, 6) is 0. The van der Waals surface area contributed by atoms with Crippen molar-refractivity contribution >= 4 is 84.6 Å². The first-order valence-corrected chi connectivity index (χ1v) is 15.2.